The number of nitrogens with two attached hydrogens (primary N) is 1. The first-order valence-electron chi connectivity index (χ1n) is 7.77. The Morgan fingerprint density at radius 3 is 2.43 bits per heavy atom. The van der Waals surface area contributed by atoms with Crippen molar-refractivity contribution in [2.45, 2.75) is 52.4 Å². The molecule has 1 saturated carbocycles. The number of hydrogen-bond donors (Lipinski definition) is 1. The lowest BCUT2D eigenvalue weighted by atomic mass is 9.93. The highest BCUT2D eigenvalue weighted by Gasteiger charge is 2.27. The van der Waals surface area contributed by atoms with E-state index >= 15 is 0 Å². The highest BCUT2D eigenvalue weighted by atomic mass is 35.5. The van der Waals surface area contributed by atoms with Gasteiger partial charge in [-0.15, -0.1) is 36.2 Å². The largest absolute Gasteiger partial charge is 0.340 e. The van der Waals surface area contributed by atoms with Gasteiger partial charge in [0.15, 0.2) is 0 Å². The minimum Gasteiger partial charge on any atom is -0.340 e. The molecule has 0 aliphatic heterocycles. The third-order valence-electron chi connectivity index (χ3n) is 4.28. The van der Waals surface area contributed by atoms with E-state index in [0.717, 1.165) is 15.6 Å². The number of carbonyl (C=O) groups is 1. The number of thiazole rings is 1. The minimum absolute atomic E-state index is 0. The Morgan fingerprint density at radius 2 is 1.91 bits per heavy atom. The molecule has 2 N–H and O–H groups in total. The van der Waals surface area contributed by atoms with Crippen molar-refractivity contribution in [2.24, 2.45) is 11.1 Å². The molecular formula is C16H29Cl2N3OS. The Labute approximate surface area is 156 Å². The van der Waals surface area contributed by atoms with Gasteiger partial charge in [-0.05, 0) is 31.7 Å². The van der Waals surface area contributed by atoms with Gasteiger partial charge >= 0.3 is 0 Å². The third-order valence-corrected chi connectivity index (χ3v) is 5.58. The van der Waals surface area contributed by atoms with Crippen LogP contribution in [-0.4, -0.2) is 35.9 Å². The molecule has 1 heterocycles. The summed E-state index contributed by atoms with van der Waals surface area (Å²) in [6, 6.07) is 0. The topological polar surface area (TPSA) is 59.2 Å². The molecule has 0 aromatic carbocycles. The lowest BCUT2D eigenvalue weighted by Gasteiger charge is -2.28. The second kappa shape index (κ2) is 9.21. The molecule has 1 aliphatic carbocycles. The lowest BCUT2D eigenvalue weighted by Crippen LogP contribution is -2.39. The van der Waals surface area contributed by atoms with Crippen molar-refractivity contribution in [1.29, 1.82) is 0 Å². The van der Waals surface area contributed by atoms with E-state index in [-0.39, 0.29) is 36.1 Å². The van der Waals surface area contributed by atoms with Gasteiger partial charge in [-0.25, -0.2) is 4.98 Å². The molecule has 0 unspecified atom stereocenters. The van der Waals surface area contributed by atoms with Crippen molar-refractivity contribution < 1.29 is 4.79 Å². The van der Waals surface area contributed by atoms with Crippen LogP contribution in [0.1, 0.15) is 65.8 Å². The fraction of sp³-hybridized carbons (Fsp3) is 0.750. The molecule has 1 aliphatic rings. The van der Waals surface area contributed by atoms with Gasteiger partial charge in [-0.1, -0.05) is 26.7 Å². The summed E-state index contributed by atoms with van der Waals surface area (Å²) in [4.78, 5) is 19.9. The number of nitrogens with zero attached hydrogens (tertiary/aromatic N) is 2. The molecule has 1 fully saturated rings. The average Bonchev–Trinajstić information content (AvgIpc) is 3.06. The highest BCUT2D eigenvalue weighted by Crippen LogP contribution is 2.37. The molecule has 23 heavy (non-hydrogen) atoms. The molecule has 0 spiro atoms. The smallest absolute Gasteiger partial charge is 0.265 e. The van der Waals surface area contributed by atoms with Crippen LogP contribution in [0.2, 0.25) is 0 Å². The van der Waals surface area contributed by atoms with Crippen LogP contribution in [0.4, 0.5) is 0 Å². The van der Waals surface area contributed by atoms with Crippen molar-refractivity contribution in [3.05, 3.63) is 15.6 Å². The molecule has 0 saturated heterocycles. The van der Waals surface area contributed by atoms with E-state index < -0.39 is 0 Å². The molecule has 1 aromatic rings. The average molecular weight is 382 g/mol. The van der Waals surface area contributed by atoms with E-state index in [1.807, 2.05) is 14.0 Å². The molecule has 0 bridgehead atoms. The summed E-state index contributed by atoms with van der Waals surface area (Å²) in [5.74, 6) is 0.650. The molecule has 0 radical (unpaired) electrons. The number of hydrogen-bond acceptors (Lipinski definition) is 4. The number of rotatable bonds is 5. The summed E-state index contributed by atoms with van der Waals surface area (Å²) in [5.41, 5.74) is 6.58. The summed E-state index contributed by atoms with van der Waals surface area (Å²) in [6.45, 7) is 7.35. The zero-order valence-electron chi connectivity index (χ0n) is 14.4. The molecule has 1 aromatic heterocycles. The second-order valence-corrected chi connectivity index (χ2v) is 8.01. The van der Waals surface area contributed by atoms with Gasteiger partial charge in [0.25, 0.3) is 5.91 Å². The Morgan fingerprint density at radius 1 is 1.35 bits per heavy atom. The van der Waals surface area contributed by atoms with Crippen LogP contribution in [0.25, 0.3) is 0 Å². The van der Waals surface area contributed by atoms with Crippen molar-refractivity contribution in [3.8, 4) is 0 Å². The number of aryl methyl sites for hydroxylation is 1. The van der Waals surface area contributed by atoms with Crippen LogP contribution in [0, 0.1) is 12.3 Å². The fourth-order valence-electron chi connectivity index (χ4n) is 2.91. The fourth-order valence-corrected chi connectivity index (χ4v) is 4.15. The van der Waals surface area contributed by atoms with Crippen molar-refractivity contribution >= 4 is 42.1 Å². The molecule has 0 atom stereocenters. The first-order chi connectivity index (χ1) is 9.84. The Hall–Kier alpha value is -0.360. The maximum atomic E-state index is 12.6. The van der Waals surface area contributed by atoms with Gasteiger partial charge in [0.05, 0.1) is 10.7 Å². The van der Waals surface area contributed by atoms with Crippen molar-refractivity contribution in [1.82, 2.24) is 9.88 Å². The summed E-state index contributed by atoms with van der Waals surface area (Å²) in [7, 11) is 1.86. The maximum absolute atomic E-state index is 12.6. The summed E-state index contributed by atoms with van der Waals surface area (Å²) < 4.78 is 0. The van der Waals surface area contributed by atoms with E-state index in [0.29, 0.717) is 19.0 Å². The molecule has 2 rings (SSSR count). The first kappa shape index (κ1) is 22.6. The van der Waals surface area contributed by atoms with Gasteiger partial charge in [0.2, 0.25) is 0 Å². The molecule has 1 amide bonds. The zero-order chi connectivity index (χ0) is 15.6. The monoisotopic (exact) mass is 381 g/mol. The van der Waals surface area contributed by atoms with Gasteiger partial charge in [0, 0.05) is 19.5 Å². The lowest BCUT2D eigenvalue weighted by molar-refractivity contribution is 0.0744. The van der Waals surface area contributed by atoms with Gasteiger partial charge in [-0.3, -0.25) is 4.79 Å². The standard InChI is InChI=1S/C16H27N3OS.2ClH/c1-11-13(15(20)19(4)10-16(2,3)9-17)21-14(18-11)12-7-5-6-8-12;;/h12H,5-10,17H2,1-4H3;2*1H. The number of aromatic nitrogens is 1. The first-order valence-corrected chi connectivity index (χ1v) is 8.58. The minimum atomic E-state index is -0.0582. The van der Waals surface area contributed by atoms with Crippen LogP contribution in [0.15, 0.2) is 0 Å². The maximum Gasteiger partial charge on any atom is 0.265 e. The van der Waals surface area contributed by atoms with E-state index in [1.165, 1.54) is 25.7 Å². The molecule has 7 heteroatoms. The summed E-state index contributed by atoms with van der Waals surface area (Å²) >= 11 is 1.59. The van der Waals surface area contributed by atoms with Crippen molar-refractivity contribution in [3.63, 3.8) is 0 Å². The predicted octanol–water partition coefficient (Wildman–Crippen LogP) is 4.01. The van der Waals surface area contributed by atoms with E-state index in [4.69, 9.17) is 5.73 Å². The van der Waals surface area contributed by atoms with Crippen molar-refractivity contribution in [2.75, 3.05) is 20.1 Å². The van der Waals surface area contributed by atoms with Crippen LogP contribution in [0.3, 0.4) is 0 Å². The molecule has 4 nitrogen and oxygen atoms in total. The van der Waals surface area contributed by atoms with Gasteiger partial charge < -0.3 is 10.6 Å². The van der Waals surface area contributed by atoms with E-state index in [2.05, 4.69) is 18.8 Å². The van der Waals surface area contributed by atoms with Crippen LogP contribution >= 0.6 is 36.2 Å². The van der Waals surface area contributed by atoms with E-state index in [1.54, 1.807) is 16.2 Å². The summed E-state index contributed by atoms with van der Waals surface area (Å²) in [5, 5.41) is 1.15. The van der Waals surface area contributed by atoms with Gasteiger partial charge in [-0.2, -0.15) is 0 Å². The SMILES string of the molecule is Cc1nc(C2CCCC2)sc1C(=O)N(C)CC(C)(C)CN.Cl.Cl. The molecular weight excluding hydrogens is 353 g/mol. The summed E-state index contributed by atoms with van der Waals surface area (Å²) in [6.07, 6.45) is 5.02. The third kappa shape index (κ3) is 5.59. The number of amides is 1. The van der Waals surface area contributed by atoms with E-state index in [9.17, 15) is 4.79 Å². The highest BCUT2D eigenvalue weighted by molar-refractivity contribution is 7.13. The van der Waals surface area contributed by atoms with Crippen LogP contribution < -0.4 is 5.73 Å². The Kier molecular flexibility index (Phi) is 9.06. The Bertz CT molecular complexity index is 513. The zero-order valence-corrected chi connectivity index (χ0v) is 16.9. The molecule has 134 valence electrons. The normalized spacial score (nSPS) is 15.0. The number of carbonyl (C=O) groups excluding carboxylic acids is 1. The van der Waals surface area contributed by atoms with Crippen LogP contribution in [0.5, 0.6) is 0 Å². The quantitative estimate of drug-likeness (QED) is 0.837. The number of halogens is 2. The second-order valence-electron chi connectivity index (χ2n) is 6.98. The van der Waals surface area contributed by atoms with Crippen LogP contribution in [-0.2, 0) is 0 Å². The van der Waals surface area contributed by atoms with Gasteiger partial charge in [0.1, 0.15) is 4.88 Å². The Balaban J connectivity index is 0.00000242. The predicted molar refractivity (Wildman–Crippen MR) is 102 cm³/mol.